The number of benzene rings is 1. The molecule has 0 unspecified atom stereocenters. The first-order valence-corrected chi connectivity index (χ1v) is 8.23. The molecule has 0 atom stereocenters. The van der Waals surface area contributed by atoms with Gasteiger partial charge in [-0.25, -0.2) is 0 Å². The number of likely N-dealkylation sites (tertiary alicyclic amines) is 1. The first kappa shape index (κ1) is 14.5. The van der Waals surface area contributed by atoms with Crippen molar-refractivity contribution in [3.05, 3.63) is 27.7 Å². The number of hydrogen-bond donors (Lipinski definition) is 1. The Bertz CT molecular complexity index is 487. The SMILES string of the molecule is Oc1c(Cl)cc(Cl)cc1CN1CCC2(CCCC2)CC1. The summed E-state index contributed by atoms with van der Waals surface area (Å²) in [5.41, 5.74) is 1.47. The smallest absolute Gasteiger partial charge is 0.138 e. The summed E-state index contributed by atoms with van der Waals surface area (Å²) >= 11 is 12.0. The molecule has 4 heteroatoms. The number of phenols is 1. The summed E-state index contributed by atoms with van der Waals surface area (Å²) in [7, 11) is 0. The molecule has 1 aliphatic carbocycles. The molecule has 1 heterocycles. The Kier molecular flexibility index (Phi) is 4.16. The van der Waals surface area contributed by atoms with Crippen LogP contribution in [0.25, 0.3) is 0 Å². The third kappa shape index (κ3) is 2.93. The predicted molar refractivity (Wildman–Crippen MR) is 83.5 cm³/mol. The Labute approximate surface area is 130 Å². The third-order valence-corrected chi connectivity index (χ3v) is 5.59. The van der Waals surface area contributed by atoms with Gasteiger partial charge in [-0.3, -0.25) is 4.90 Å². The predicted octanol–water partition coefficient (Wildman–Crippen LogP) is 4.86. The molecular weight excluding hydrogens is 293 g/mol. The highest BCUT2D eigenvalue weighted by atomic mass is 35.5. The summed E-state index contributed by atoms with van der Waals surface area (Å²) in [6.45, 7) is 2.97. The average molecular weight is 314 g/mol. The number of nitrogens with zero attached hydrogens (tertiary/aromatic N) is 1. The number of piperidine rings is 1. The van der Waals surface area contributed by atoms with Crippen molar-refractivity contribution >= 4 is 23.2 Å². The zero-order valence-electron chi connectivity index (χ0n) is 11.7. The summed E-state index contributed by atoms with van der Waals surface area (Å²) in [6, 6.07) is 3.41. The van der Waals surface area contributed by atoms with E-state index in [1.807, 2.05) is 6.07 Å². The van der Waals surface area contributed by atoms with Crippen LogP contribution >= 0.6 is 23.2 Å². The fourth-order valence-corrected chi connectivity index (χ4v) is 4.33. The van der Waals surface area contributed by atoms with E-state index in [1.165, 1.54) is 38.5 Å². The van der Waals surface area contributed by atoms with Gasteiger partial charge < -0.3 is 5.11 Å². The van der Waals surface area contributed by atoms with Crippen LogP contribution < -0.4 is 0 Å². The van der Waals surface area contributed by atoms with Crippen LogP contribution in [0.15, 0.2) is 12.1 Å². The van der Waals surface area contributed by atoms with Gasteiger partial charge in [0.05, 0.1) is 5.02 Å². The second kappa shape index (κ2) is 5.75. The van der Waals surface area contributed by atoms with Crippen molar-refractivity contribution in [3.8, 4) is 5.75 Å². The second-order valence-corrected chi connectivity index (χ2v) is 7.22. The van der Waals surface area contributed by atoms with E-state index in [-0.39, 0.29) is 5.75 Å². The highest BCUT2D eigenvalue weighted by molar-refractivity contribution is 6.35. The van der Waals surface area contributed by atoms with Crippen LogP contribution in [0, 0.1) is 5.41 Å². The molecule has 1 spiro atoms. The molecule has 110 valence electrons. The van der Waals surface area contributed by atoms with Crippen LogP contribution in [0.5, 0.6) is 5.75 Å². The zero-order valence-corrected chi connectivity index (χ0v) is 13.2. The minimum Gasteiger partial charge on any atom is -0.506 e. The number of rotatable bonds is 2. The molecule has 2 aliphatic rings. The van der Waals surface area contributed by atoms with E-state index >= 15 is 0 Å². The molecule has 1 saturated carbocycles. The highest BCUT2D eigenvalue weighted by Gasteiger charge is 2.36. The lowest BCUT2D eigenvalue weighted by Gasteiger charge is -2.39. The first-order valence-electron chi connectivity index (χ1n) is 7.47. The van der Waals surface area contributed by atoms with Gasteiger partial charge in [0, 0.05) is 17.1 Å². The van der Waals surface area contributed by atoms with Crippen LogP contribution in [-0.4, -0.2) is 23.1 Å². The van der Waals surface area contributed by atoms with Gasteiger partial charge in [0.25, 0.3) is 0 Å². The molecule has 1 aliphatic heterocycles. The van der Waals surface area contributed by atoms with Gasteiger partial charge in [-0.1, -0.05) is 36.0 Å². The van der Waals surface area contributed by atoms with Crippen LogP contribution in [0.4, 0.5) is 0 Å². The van der Waals surface area contributed by atoms with Gasteiger partial charge in [-0.2, -0.15) is 0 Å². The molecule has 0 bridgehead atoms. The van der Waals surface area contributed by atoms with Crippen LogP contribution in [0.3, 0.4) is 0 Å². The van der Waals surface area contributed by atoms with Crippen molar-refractivity contribution in [2.45, 2.75) is 45.1 Å². The van der Waals surface area contributed by atoms with Crippen molar-refractivity contribution in [2.75, 3.05) is 13.1 Å². The lowest BCUT2D eigenvalue weighted by Crippen LogP contribution is -2.38. The van der Waals surface area contributed by atoms with Crippen molar-refractivity contribution in [2.24, 2.45) is 5.41 Å². The van der Waals surface area contributed by atoms with Crippen molar-refractivity contribution < 1.29 is 5.11 Å². The molecule has 2 fully saturated rings. The van der Waals surface area contributed by atoms with E-state index in [0.29, 0.717) is 15.5 Å². The normalized spacial score (nSPS) is 22.5. The molecule has 1 aromatic carbocycles. The molecule has 20 heavy (non-hydrogen) atoms. The molecule has 0 amide bonds. The van der Waals surface area contributed by atoms with Gasteiger partial charge in [-0.15, -0.1) is 0 Å². The summed E-state index contributed by atoms with van der Waals surface area (Å²) in [6.07, 6.45) is 8.23. The fourth-order valence-electron chi connectivity index (χ4n) is 3.79. The quantitative estimate of drug-likeness (QED) is 0.843. The molecular formula is C16H21Cl2NO. The molecule has 0 aromatic heterocycles. The van der Waals surface area contributed by atoms with E-state index in [1.54, 1.807) is 6.07 Å². The third-order valence-electron chi connectivity index (χ3n) is 5.08. The lowest BCUT2D eigenvalue weighted by molar-refractivity contribution is 0.103. The average Bonchev–Trinajstić information content (AvgIpc) is 2.87. The highest BCUT2D eigenvalue weighted by Crippen LogP contribution is 2.46. The summed E-state index contributed by atoms with van der Waals surface area (Å²) in [5, 5.41) is 11.0. The van der Waals surface area contributed by atoms with Gasteiger partial charge in [0.2, 0.25) is 0 Å². The molecule has 3 rings (SSSR count). The number of phenolic OH excluding ortho intramolecular Hbond substituents is 1. The van der Waals surface area contributed by atoms with E-state index < -0.39 is 0 Å². The Morgan fingerprint density at radius 3 is 2.35 bits per heavy atom. The molecule has 2 nitrogen and oxygen atoms in total. The van der Waals surface area contributed by atoms with Crippen molar-refractivity contribution in [3.63, 3.8) is 0 Å². The Balaban J connectivity index is 1.65. The number of halogens is 2. The standard InChI is InChI=1S/C16H21Cl2NO/c17-13-9-12(15(20)14(18)10-13)11-19-7-5-16(6-8-19)3-1-2-4-16/h9-10,20H,1-8,11H2. The van der Waals surface area contributed by atoms with Gasteiger partial charge in [0.15, 0.2) is 0 Å². The Hall–Kier alpha value is -0.440. The van der Waals surface area contributed by atoms with E-state index in [2.05, 4.69) is 4.90 Å². The molecule has 1 N–H and O–H groups in total. The van der Waals surface area contributed by atoms with Crippen LogP contribution in [-0.2, 0) is 6.54 Å². The summed E-state index contributed by atoms with van der Waals surface area (Å²) < 4.78 is 0. The van der Waals surface area contributed by atoms with Crippen LogP contribution in [0.1, 0.15) is 44.1 Å². The largest absolute Gasteiger partial charge is 0.506 e. The Morgan fingerprint density at radius 2 is 1.70 bits per heavy atom. The zero-order chi connectivity index (χ0) is 14.2. The fraction of sp³-hybridized carbons (Fsp3) is 0.625. The maximum Gasteiger partial charge on any atom is 0.138 e. The van der Waals surface area contributed by atoms with Crippen LogP contribution in [0.2, 0.25) is 10.0 Å². The monoisotopic (exact) mass is 313 g/mol. The maximum absolute atomic E-state index is 10.0. The topological polar surface area (TPSA) is 23.5 Å². The molecule has 0 radical (unpaired) electrons. The van der Waals surface area contributed by atoms with Gasteiger partial charge in [0.1, 0.15) is 5.75 Å². The van der Waals surface area contributed by atoms with E-state index in [9.17, 15) is 5.11 Å². The number of aromatic hydroxyl groups is 1. The first-order chi connectivity index (χ1) is 9.58. The Morgan fingerprint density at radius 1 is 1.05 bits per heavy atom. The summed E-state index contributed by atoms with van der Waals surface area (Å²) in [4.78, 5) is 2.41. The van der Waals surface area contributed by atoms with Gasteiger partial charge in [-0.05, 0) is 56.3 Å². The summed E-state index contributed by atoms with van der Waals surface area (Å²) in [5.74, 6) is 0.178. The van der Waals surface area contributed by atoms with Gasteiger partial charge >= 0.3 is 0 Å². The van der Waals surface area contributed by atoms with Crippen molar-refractivity contribution in [1.82, 2.24) is 4.90 Å². The van der Waals surface area contributed by atoms with E-state index in [4.69, 9.17) is 23.2 Å². The number of hydrogen-bond acceptors (Lipinski definition) is 2. The molecule has 1 saturated heterocycles. The van der Waals surface area contributed by atoms with Crippen molar-refractivity contribution in [1.29, 1.82) is 0 Å². The maximum atomic E-state index is 10.0. The molecule has 1 aromatic rings. The second-order valence-electron chi connectivity index (χ2n) is 6.38. The minimum absolute atomic E-state index is 0.178. The minimum atomic E-state index is 0.178. The lowest BCUT2D eigenvalue weighted by atomic mass is 9.77. The van der Waals surface area contributed by atoms with E-state index in [0.717, 1.165) is 25.2 Å².